The highest BCUT2D eigenvalue weighted by Crippen LogP contribution is 2.35. The van der Waals surface area contributed by atoms with Crippen LogP contribution < -0.4 is 10.2 Å². The summed E-state index contributed by atoms with van der Waals surface area (Å²) in [6, 6.07) is 18.9. The van der Waals surface area contributed by atoms with Crippen molar-refractivity contribution in [3.63, 3.8) is 0 Å². The van der Waals surface area contributed by atoms with Gasteiger partial charge in [0.1, 0.15) is 6.33 Å². The lowest BCUT2D eigenvalue weighted by molar-refractivity contribution is 0.206. The molecule has 1 saturated heterocycles. The van der Waals surface area contributed by atoms with Gasteiger partial charge in [-0.25, -0.2) is 0 Å². The standard InChI is InChI=1S/C30H33N7O/c1-20(2)27(18-38)32-14-22-9-10-35(15-22)26-7-8-28-25(11-26)17-36-16-24(23-5-3-21(13-31)4-6-23)12-29(36)30-34-33-19-37(28)30/h3-8,11-12,16,19-20,22,27,32,38H,9-10,14-15,17-18H2,1-2H3/t22-,27-/m1/s1. The van der Waals surface area contributed by atoms with Crippen LogP contribution in [0.25, 0.3) is 28.3 Å². The Balaban J connectivity index is 1.26. The number of benzene rings is 2. The first-order chi connectivity index (χ1) is 18.5. The second kappa shape index (κ2) is 10.1. The van der Waals surface area contributed by atoms with Gasteiger partial charge in [-0.05, 0) is 65.8 Å². The number of rotatable bonds is 7. The van der Waals surface area contributed by atoms with Gasteiger partial charge in [0.05, 0.1) is 29.6 Å². The minimum Gasteiger partial charge on any atom is -0.395 e. The monoisotopic (exact) mass is 507 g/mol. The number of nitriles is 1. The summed E-state index contributed by atoms with van der Waals surface area (Å²) < 4.78 is 4.33. The van der Waals surface area contributed by atoms with E-state index in [1.807, 2.05) is 24.3 Å². The minimum absolute atomic E-state index is 0.152. The lowest BCUT2D eigenvalue weighted by Gasteiger charge is -2.23. The third kappa shape index (κ3) is 4.49. The summed E-state index contributed by atoms with van der Waals surface area (Å²) in [4.78, 5) is 2.48. The molecule has 4 aromatic rings. The van der Waals surface area contributed by atoms with E-state index in [9.17, 15) is 5.11 Å². The highest BCUT2D eigenvalue weighted by Gasteiger charge is 2.26. The van der Waals surface area contributed by atoms with Crippen molar-refractivity contribution < 1.29 is 5.11 Å². The van der Waals surface area contributed by atoms with Gasteiger partial charge in [-0.15, -0.1) is 10.2 Å². The Labute approximate surface area is 223 Å². The van der Waals surface area contributed by atoms with Crippen molar-refractivity contribution in [3.8, 4) is 34.4 Å². The summed E-state index contributed by atoms with van der Waals surface area (Å²) in [5.41, 5.74) is 7.42. The quantitative estimate of drug-likeness (QED) is 0.345. The van der Waals surface area contributed by atoms with Gasteiger partial charge in [0, 0.05) is 49.7 Å². The van der Waals surface area contributed by atoms with Crippen LogP contribution in [0.5, 0.6) is 0 Å². The van der Waals surface area contributed by atoms with Gasteiger partial charge in [0.2, 0.25) is 0 Å². The van der Waals surface area contributed by atoms with Gasteiger partial charge in [0.25, 0.3) is 0 Å². The number of aliphatic hydroxyl groups excluding tert-OH is 1. The van der Waals surface area contributed by atoms with Crippen LogP contribution in [-0.2, 0) is 6.54 Å². The van der Waals surface area contributed by atoms with E-state index in [1.54, 1.807) is 6.33 Å². The van der Waals surface area contributed by atoms with Crippen LogP contribution in [0.2, 0.25) is 0 Å². The van der Waals surface area contributed by atoms with E-state index < -0.39 is 0 Å². The highest BCUT2D eigenvalue weighted by molar-refractivity contribution is 5.72. The topological polar surface area (TPSA) is 94.9 Å². The van der Waals surface area contributed by atoms with Crippen LogP contribution in [0.4, 0.5) is 5.69 Å². The zero-order valence-electron chi connectivity index (χ0n) is 21.9. The van der Waals surface area contributed by atoms with E-state index in [0.29, 0.717) is 17.4 Å². The lowest BCUT2D eigenvalue weighted by atomic mass is 10.0. The molecule has 4 heterocycles. The predicted molar refractivity (Wildman–Crippen MR) is 148 cm³/mol. The van der Waals surface area contributed by atoms with E-state index in [0.717, 1.165) is 60.9 Å². The van der Waals surface area contributed by atoms with Crippen molar-refractivity contribution in [1.29, 1.82) is 5.26 Å². The third-order valence-corrected chi connectivity index (χ3v) is 8.01. The largest absolute Gasteiger partial charge is 0.395 e. The van der Waals surface area contributed by atoms with Gasteiger partial charge < -0.3 is 19.9 Å². The number of nitrogens with zero attached hydrogens (tertiary/aromatic N) is 6. The molecule has 2 atom stereocenters. The Kier molecular flexibility index (Phi) is 6.48. The average molecular weight is 508 g/mol. The fourth-order valence-corrected chi connectivity index (χ4v) is 5.69. The molecule has 0 spiro atoms. The Hall–Kier alpha value is -3.93. The number of hydrogen-bond donors (Lipinski definition) is 2. The normalized spacial score (nSPS) is 17.0. The molecule has 0 unspecified atom stereocenters. The van der Waals surface area contributed by atoms with Crippen LogP contribution in [-0.4, -0.2) is 56.7 Å². The van der Waals surface area contributed by atoms with Crippen molar-refractivity contribution in [2.24, 2.45) is 11.8 Å². The number of fused-ring (bicyclic) bond motifs is 5. The molecule has 2 aliphatic heterocycles. The Bertz CT molecular complexity index is 1480. The second-order valence-electron chi connectivity index (χ2n) is 10.8. The van der Waals surface area contributed by atoms with Gasteiger partial charge >= 0.3 is 0 Å². The molecule has 0 saturated carbocycles. The van der Waals surface area contributed by atoms with Gasteiger partial charge in [-0.3, -0.25) is 4.57 Å². The summed E-state index contributed by atoms with van der Waals surface area (Å²) in [6.07, 6.45) is 5.11. The van der Waals surface area contributed by atoms with Crippen LogP contribution in [0, 0.1) is 23.2 Å². The van der Waals surface area contributed by atoms with Crippen molar-refractivity contribution in [2.75, 3.05) is 31.1 Å². The SMILES string of the molecule is CC(C)[C@@H](CO)NC[C@H]1CCN(c2ccc3c(c2)Cn2cc(-c4ccc(C#N)cc4)cc2-c2nncn2-3)C1. The molecule has 194 valence electrons. The third-order valence-electron chi connectivity index (χ3n) is 8.01. The molecule has 8 nitrogen and oxygen atoms in total. The molecular formula is C30H33N7O. The van der Waals surface area contributed by atoms with Crippen molar-refractivity contribution in [1.82, 2.24) is 24.6 Å². The molecule has 0 amide bonds. The van der Waals surface area contributed by atoms with E-state index in [-0.39, 0.29) is 12.6 Å². The molecule has 2 aromatic heterocycles. The van der Waals surface area contributed by atoms with Crippen molar-refractivity contribution in [3.05, 3.63) is 72.2 Å². The summed E-state index contributed by atoms with van der Waals surface area (Å²) in [7, 11) is 0. The number of aliphatic hydroxyl groups is 1. The van der Waals surface area contributed by atoms with E-state index >= 15 is 0 Å². The Morgan fingerprint density at radius 3 is 2.74 bits per heavy atom. The molecule has 38 heavy (non-hydrogen) atoms. The molecule has 0 bridgehead atoms. The first-order valence-electron chi connectivity index (χ1n) is 13.4. The summed E-state index contributed by atoms with van der Waals surface area (Å²) in [5.74, 6) is 1.81. The molecule has 0 radical (unpaired) electrons. The Morgan fingerprint density at radius 2 is 1.97 bits per heavy atom. The van der Waals surface area contributed by atoms with E-state index in [4.69, 9.17) is 5.26 Å². The smallest absolute Gasteiger partial charge is 0.185 e. The molecule has 1 fully saturated rings. The fourth-order valence-electron chi connectivity index (χ4n) is 5.69. The summed E-state index contributed by atoms with van der Waals surface area (Å²) in [6.45, 7) is 8.19. The maximum atomic E-state index is 9.65. The zero-order valence-corrected chi connectivity index (χ0v) is 21.9. The van der Waals surface area contributed by atoms with E-state index in [1.165, 1.54) is 11.3 Å². The Morgan fingerprint density at radius 1 is 1.13 bits per heavy atom. The number of nitrogens with one attached hydrogen (secondary N) is 1. The molecule has 2 N–H and O–H groups in total. The molecule has 6 rings (SSSR count). The summed E-state index contributed by atoms with van der Waals surface area (Å²) >= 11 is 0. The molecule has 2 aromatic carbocycles. The zero-order chi connectivity index (χ0) is 26.2. The van der Waals surface area contributed by atoms with Gasteiger partial charge in [0.15, 0.2) is 5.82 Å². The highest BCUT2D eigenvalue weighted by atomic mass is 16.3. The second-order valence-corrected chi connectivity index (χ2v) is 10.8. The van der Waals surface area contributed by atoms with Crippen LogP contribution >= 0.6 is 0 Å². The molecule has 0 aliphatic carbocycles. The van der Waals surface area contributed by atoms with Gasteiger partial charge in [-0.2, -0.15) is 5.26 Å². The summed E-state index contributed by atoms with van der Waals surface area (Å²) in [5, 5.41) is 31.1. The number of aromatic nitrogens is 4. The van der Waals surface area contributed by atoms with Crippen molar-refractivity contribution in [2.45, 2.75) is 32.9 Å². The van der Waals surface area contributed by atoms with E-state index in [2.05, 4.69) is 79.9 Å². The maximum Gasteiger partial charge on any atom is 0.185 e. The first-order valence-corrected chi connectivity index (χ1v) is 13.4. The molecular weight excluding hydrogens is 474 g/mol. The van der Waals surface area contributed by atoms with Crippen LogP contribution in [0.3, 0.4) is 0 Å². The minimum atomic E-state index is 0.152. The number of hydrogen-bond acceptors (Lipinski definition) is 6. The molecule has 2 aliphatic rings. The average Bonchev–Trinajstić information content (AvgIpc) is 3.68. The van der Waals surface area contributed by atoms with Gasteiger partial charge in [-0.1, -0.05) is 26.0 Å². The predicted octanol–water partition coefficient (Wildman–Crippen LogP) is 4.07. The number of anilines is 1. The van der Waals surface area contributed by atoms with Crippen LogP contribution in [0.1, 0.15) is 31.4 Å². The van der Waals surface area contributed by atoms with Crippen LogP contribution in [0.15, 0.2) is 61.1 Å². The molecule has 8 heteroatoms. The fraction of sp³-hybridized carbons (Fsp3) is 0.367. The lowest BCUT2D eigenvalue weighted by Crippen LogP contribution is -2.40. The first kappa shape index (κ1) is 24.4. The maximum absolute atomic E-state index is 9.65. The van der Waals surface area contributed by atoms with Crippen molar-refractivity contribution >= 4 is 5.69 Å².